The Balaban J connectivity index is 1.07. The van der Waals surface area contributed by atoms with Gasteiger partial charge in [0.25, 0.3) is 0 Å². The SMILES string of the molecule is Cc1nc(-c2ccc3c(c2)-c2ccccc2C32c3ccccc3Oc3ccc(-c4ccc(-c5cccnc5C)cc4)cc32)cc(-c2ccccc2-c2ccccc2)n1. The second kappa shape index (κ2) is 13.4. The molecule has 11 rings (SSSR count). The topological polar surface area (TPSA) is 47.9 Å². The highest BCUT2D eigenvalue weighted by molar-refractivity contribution is 5.91. The smallest absolute Gasteiger partial charge is 0.132 e. The van der Waals surface area contributed by atoms with Gasteiger partial charge in [0.2, 0.25) is 0 Å². The van der Waals surface area contributed by atoms with Crippen LogP contribution in [0.2, 0.25) is 0 Å². The third kappa shape index (κ3) is 5.26. The summed E-state index contributed by atoms with van der Waals surface area (Å²) in [6.45, 7) is 4.04. The Morgan fingerprint density at radius 1 is 0.379 bits per heavy atom. The summed E-state index contributed by atoms with van der Waals surface area (Å²) in [6.07, 6.45) is 1.84. The van der Waals surface area contributed by atoms with Crippen LogP contribution in [0.5, 0.6) is 11.5 Å². The lowest BCUT2D eigenvalue weighted by Gasteiger charge is -2.39. The van der Waals surface area contributed by atoms with Crippen molar-refractivity contribution in [3.05, 3.63) is 222 Å². The van der Waals surface area contributed by atoms with E-state index >= 15 is 0 Å². The third-order valence-electron chi connectivity index (χ3n) is 11.9. The molecule has 0 saturated heterocycles. The molecule has 0 amide bonds. The summed E-state index contributed by atoms with van der Waals surface area (Å²) < 4.78 is 6.75. The van der Waals surface area contributed by atoms with E-state index in [-0.39, 0.29) is 0 Å². The minimum absolute atomic E-state index is 0.598. The van der Waals surface area contributed by atoms with Gasteiger partial charge in [-0.05, 0) is 100 Å². The monoisotopic (exact) mass is 743 g/mol. The average Bonchev–Trinajstić information content (AvgIpc) is 3.56. The molecule has 0 saturated carbocycles. The summed E-state index contributed by atoms with van der Waals surface area (Å²) in [4.78, 5) is 14.5. The van der Waals surface area contributed by atoms with Gasteiger partial charge < -0.3 is 4.74 Å². The Labute approximate surface area is 338 Å². The maximum Gasteiger partial charge on any atom is 0.132 e. The van der Waals surface area contributed by atoms with E-state index in [1.54, 1.807) is 0 Å². The van der Waals surface area contributed by atoms with E-state index in [1.165, 1.54) is 22.3 Å². The zero-order chi connectivity index (χ0) is 38.8. The van der Waals surface area contributed by atoms with E-state index in [9.17, 15) is 0 Å². The lowest BCUT2D eigenvalue weighted by atomic mass is 9.65. The molecular weight excluding hydrogens is 707 g/mol. The number of hydrogen-bond acceptors (Lipinski definition) is 4. The molecule has 1 aliphatic heterocycles. The minimum Gasteiger partial charge on any atom is -0.457 e. The number of rotatable bonds is 5. The molecule has 2 aliphatic rings. The van der Waals surface area contributed by atoms with Crippen LogP contribution < -0.4 is 4.74 Å². The van der Waals surface area contributed by atoms with E-state index in [2.05, 4.69) is 188 Å². The Bertz CT molecular complexity index is 3060. The first-order valence-electron chi connectivity index (χ1n) is 19.8. The summed E-state index contributed by atoms with van der Waals surface area (Å²) in [5.74, 6) is 2.47. The van der Waals surface area contributed by atoms with Gasteiger partial charge in [0.15, 0.2) is 0 Å². The molecule has 3 heterocycles. The van der Waals surface area contributed by atoms with Crippen molar-refractivity contribution in [2.75, 3.05) is 0 Å². The van der Waals surface area contributed by atoms with Gasteiger partial charge in [-0.2, -0.15) is 0 Å². The van der Waals surface area contributed by atoms with Crippen LogP contribution in [-0.4, -0.2) is 15.0 Å². The van der Waals surface area contributed by atoms with Gasteiger partial charge in [0, 0.05) is 39.7 Å². The lowest BCUT2D eigenvalue weighted by molar-refractivity contribution is 0.436. The molecule has 9 aromatic rings. The van der Waals surface area contributed by atoms with Crippen LogP contribution >= 0.6 is 0 Å². The molecule has 1 atom stereocenters. The fraction of sp³-hybridized carbons (Fsp3) is 0.0556. The fourth-order valence-electron chi connectivity index (χ4n) is 9.31. The normalized spacial score (nSPS) is 14.6. The number of fused-ring (bicyclic) bond motifs is 9. The standard InChI is InChI=1S/C54H37N3O/c1-34-41(18-12-30-55-34)38-24-22-36(23-25-38)39-27-29-53-49(32-39)54(48-20-10-11-21-52(48)58-53)46-19-9-8-16-43(46)45-31-40(26-28-47(45)54)50-33-51(57-35(2)56-50)44-17-7-6-15-42(44)37-13-4-3-5-14-37/h3-33H,1-2H3. The summed E-state index contributed by atoms with van der Waals surface area (Å²) in [7, 11) is 0. The number of aryl methyl sites for hydroxylation is 2. The van der Waals surface area contributed by atoms with E-state index in [0.717, 1.165) is 90.0 Å². The fourth-order valence-corrected chi connectivity index (χ4v) is 9.31. The van der Waals surface area contributed by atoms with Crippen LogP contribution in [-0.2, 0) is 5.41 Å². The molecule has 7 aromatic carbocycles. The van der Waals surface area contributed by atoms with Gasteiger partial charge in [0.05, 0.1) is 16.8 Å². The number of hydrogen-bond donors (Lipinski definition) is 0. The molecule has 4 nitrogen and oxygen atoms in total. The van der Waals surface area contributed by atoms with Gasteiger partial charge in [-0.25, -0.2) is 9.97 Å². The number of para-hydroxylation sites is 1. The van der Waals surface area contributed by atoms with Crippen molar-refractivity contribution >= 4 is 0 Å². The highest BCUT2D eigenvalue weighted by atomic mass is 16.5. The Hall–Kier alpha value is -7.43. The maximum atomic E-state index is 6.75. The van der Waals surface area contributed by atoms with Crippen molar-refractivity contribution in [3.8, 4) is 78.5 Å². The van der Waals surface area contributed by atoms with Gasteiger partial charge in [-0.15, -0.1) is 0 Å². The highest BCUT2D eigenvalue weighted by Gasteiger charge is 2.51. The van der Waals surface area contributed by atoms with Crippen molar-refractivity contribution in [3.63, 3.8) is 0 Å². The van der Waals surface area contributed by atoms with Gasteiger partial charge in [0.1, 0.15) is 17.3 Å². The Kier molecular flexibility index (Phi) is 7.80. The molecule has 0 bridgehead atoms. The summed E-state index contributed by atoms with van der Waals surface area (Å²) in [6, 6.07) is 65.1. The molecule has 4 heteroatoms. The van der Waals surface area contributed by atoms with Crippen LogP contribution in [0.15, 0.2) is 188 Å². The van der Waals surface area contributed by atoms with Gasteiger partial charge in [-0.3, -0.25) is 4.98 Å². The van der Waals surface area contributed by atoms with Crippen molar-refractivity contribution in [1.82, 2.24) is 15.0 Å². The molecule has 1 spiro atoms. The van der Waals surface area contributed by atoms with Crippen molar-refractivity contribution in [2.24, 2.45) is 0 Å². The molecule has 0 N–H and O–H groups in total. The lowest BCUT2D eigenvalue weighted by Crippen LogP contribution is -2.32. The summed E-state index contributed by atoms with van der Waals surface area (Å²) >= 11 is 0. The van der Waals surface area contributed by atoms with Crippen LogP contribution in [0.1, 0.15) is 33.8 Å². The number of pyridine rings is 1. The zero-order valence-corrected chi connectivity index (χ0v) is 32.1. The quantitative estimate of drug-likeness (QED) is 0.176. The molecule has 1 unspecified atom stereocenters. The van der Waals surface area contributed by atoms with Gasteiger partial charge in [-0.1, -0.05) is 146 Å². The minimum atomic E-state index is -0.598. The number of nitrogens with zero attached hydrogens (tertiary/aromatic N) is 3. The second-order valence-electron chi connectivity index (χ2n) is 15.2. The Morgan fingerprint density at radius 2 is 0.983 bits per heavy atom. The molecular formula is C54H37N3O. The third-order valence-corrected chi connectivity index (χ3v) is 11.9. The van der Waals surface area contributed by atoms with Crippen LogP contribution in [0.4, 0.5) is 0 Å². The molecule has 2 aromatic heterocycles. The predicted octanol–water partition coefficient (Wildman–Crippen LogP) is 13.3. The molecule has 58 heavy (non-hydrogen) atoms. The maximum absolute atomic E-state index is 6.75. The Morgan fingerprint density at radius 3 is 1.81 bits per heavy atom. The summed E-state index contributed by atoms with van der Waals surface area (Å²) in [5.41, 5.74) is 18.4. The van der Waals surface area contributed by atoms with Crippen LogP contribution in [0.3, 0.4) is 0 Å². The van der Waals surface area contributed by atoms with Crippen molar-refractivity contribution < 1.29 is 4.74 Å². The molecule has 0 fully saturated rings. The van der Waals surface area contributed by atoms with Crippen molar-refractivity contribution in [2.45, 2.75) is 19.3 Å². The molecule has 274 valence electrons. The summed E-state index contributed by atoms with van der Waals surface area (Å²) in [5, 5.41) is 0. The number of benzene rings is 7. The first kappa shape index (κ1) is 33.9. The highest BCUT2D eigenvalue weighted by Crippen LogP contribution is 2.62. The van der Waals surface area contributed by atoms with E-state index in [4.69, 9.17) is 14.7 Å². The van der Waals surface area contributed by atoms with Crippen molar-refractivity contribution in [1.29, 1.82) is 0 Å². The number of aromatic nitrogens is 3. The van der Waals surface area contributed by atoms with E-state index in [1.807, 2.05) is 19.2 Å². The second-order valence-corrected chi connectivity index (χ2v) is 15.2. The van der Waals surface area contributed by atoms with E-state index < -0.39 is 5.41 Å². The largest absolute Gasteiger partial charge is 0.457 e. The first-order valence-corrected chi connectivity index (χ1v) is 19.8. The first-order chi connectivity index (χ1) is 28.6. The van der Waals surface area contributed by atoms with Crippen LogP contribution in [0, 0.1) is 13.8 Å². The molecule has 1 aliphatic carbocycles. The molecule has 0 radical (unpaired) electrons. The predicted molar refractivity (Wildman–Crippen MR) is 234 cm³/mol. The zero-order valence-electron chi connectivity index (χ0n) is 32.1. The number of ether oxygens (including phenoxy) is 1. The van der Waals surface area contributed by atoms with Crippen LogP contribution in [0.25, 0.3) is 67.0 Å². The average molecular weight is 744 g/mol. The van der Waals surface area contributed by atoms with Gasteiger partial charge >= 0.3 is 0 Å². The van der Waals surface area contributed by atoms with E-state index in [0.29, 0.717) is 0 Å².